The van der Waals surface area contributed by atoms with Gasteiger partial charge in [0.15, 0.2) is 29.2 Å². The van der Waals surface area contributed by atoms with Crippen LogP contribution in [0.5, 0.6) is 23.0 Å². The first-order valence-electron chi connectivity index (χ1n) is 14.1. The van der Waals surface area contributed by atoms with Gasteiger partial charge in [0.1, 0.15) is 19.0 Å². The minimum Gasteiger partial charge on any atom is -0.493 e. The molecule has 1 heterocycles. The van der Waals surface area contributed by atoms with Crippen molar-refractivity contribution in [1.29, 1.82) is 0 Å². The van der Waals surface area contributed by atoms with Crippen LogP contribution in [-0.4, -0.2) is 57.0 Å². The number of amides is 2. The molecule has 0 radical (unpaired) electrons. The highest BCUT2D eigenvalue weighted by Crippen LogP contribution is 2.36. The van der Waals surface area contributed by atoms with Crippen molar-refractivity contribution in [1.82, 2.24) is 16.1 Å². The SMILES string of the molecule is CCOc1cc([C@H]2NC(=O)NC(C)=C2C(=O)OC)ccc1OC[C@H](O)N/N=C\c1cc(I)c(OCc2cccc(F)c2)c(OC)c1. The lowest BCUT2D eigenvalue weighted by Crippen LogP contribution is -2.45. The molecule has 0 saturated heterocycles. The molecule has 3 aromatic carbocycles. The molecule has 0 spiro atoms. The fourth-order valence-electron chi connectivity index (χ4n) is 4.56. The molecule has 12 nitrogen and oxygen atoms in total. The second-order valence-corrected chi connectivity index (χ2v) is 11.0. The summed E-state index contributed by atoms with van der Waals surface area (Å²) in [6, 6.07) is 13.4. The Kier molecular flexibility index (Phi) is 12.0. The number of ether oxygens (including phenoxy) is 5. The van der Waals surface area contributed by atoms with Crippen molar-refractivity contribution in [3.63, 3.8) is 0 Å². The molecule has 1 aliphatic rings. The fraction of sp³-hybridized carbons (Fsp3) is 0.281. The van der Waals surface area contributed by atoms with E-state index in [9.17, 15) is 19.1 Å². The van der Waals surface area contributed by atoms with E-state index in [1.165, 1.54) is 32.6 Å². The van der Waals surface area contributed by atoms with E-state index in [2.05, 4.69) is 43.8 Å². The van der Waals surface area contributed by atoms with Crippen LogP contribution >= 0.6 is 22.6 Å². The predicted molar refractivity (Wildman–Crippen MR) is 175 cm³/mol. The molecule has 4 rings (SSSR count). The zero-order valence-corrected chi connectivity index (χ0v) is 27.7. The molecule has 0 bridgehead atoms. The minimum absolute atomic E-state index is 0.166. The zero-order chi connectivity index (χ0) is 33.2. The first-order valence-corrected chi connectivity index (χ1v) is 15.2. The maximum Gasteiger partial charge on any atom is 0.337 e. The van der Waals surface area contributed by atoms with Crippen molar-refractivity contribution >= 4 is 40.8 Å². The number of urea groups is 1. The molecule has 0 aromatic heterocycles. The number of aliphatic hydroxyl groups excluding tert-OH is 1. The number of benzene rings is 3. The van der Waals surface area contributed by atoms with E-state index in [0.717, 1.165) is 3.57 Å². The second-order valence-electron chi connectivity index (χ2n) is 9.87. The number of carbonyl (C=O) groups excluding carboxylic acids is 2. The molecule has 1 aliphatic heterocycles. The molecule has 46 heavy (non-hydrogen) atoms. The molecule has 2 atom stereocenters. The van der Waals surface area contributed by atoms with Crippen molar-refractivity contribution in [3.8, 4) is 23.0 Å². The number of nitrogens with zero attached hydrogens (tertiary/aromatic N) is 1. The third-order valence-corrected chi connectivity index (χ3v) is 7.43. The number of carbonyl (C=O) groups is 2. The minimum atomic E-state index is -1.18. The third-order valence-electron chi connectivity index (χ3n) is 6.63. The van der Waals surface area contributed by atoms with Crippen LogP contribution < -0.4 is 35.0 Å². The molecule has 244 valence electrons. The van der Waals surface area contributed by atoms with Crippen molar-refractivity contribution in [2.45, 2.75) is 32.7 Å². The van der Waals surface area contributed by atoms with E-state index in [0.29, 0.717) is 52.0 Å². The first-order chi connectivity index (χ1) is 22.1. The van der Waals surface area contributed by atoms with Gasteiger partial charge >= 0.3 is 12.0 Å². The number of nitrogens with one attached hydrogen (secondary N) is 3. The standard InChI is InChI=1S/C32H34FIN4O8/c1-5-44-25-14-21(29-28(31(40)43-4)18(2)36-32(41)37-29)9-10-24(25)45-17-27(39)38-35-15-20-12-23(34)30(26(13-20)42-3)46-16-19-7-6-8-22(33)11-19/h6-15,27,29,38-39H,5,16-17H2,1-4H3,(H2,36,37,41)/b35-15-/t27-,29+/m0/s1. The number of methoxy groups -OCH3 is 2. The van der Waals surface area contributed by atoms with E-state index in [-0.39, 0.29) is 24.6 Å². The smallest absolute Gasteiger partial charge is 0.337 e. The summed E-state index contributed by atoms with van der Waals surface area (Å²) in [6.07, 6.45) is 0.326. The lowest BCUT2D eigenvalue weighted by atomic mass is 9.95. The third kappa shape index (κ3) is 8.78. The average molecular weight is 749 g/mol. The van der Waals surface area contributed by atoms with Crippen LogP contribution in [0.25, 0.3) is 0 Å². The molecule has 4 N–H and O–H groups in total. The highest BCUT2D eigenvalue weighted by Gasteiger charge is 2.32. The lowest BCUT2D eigenvalue weighted by Gasteiger charge is -2.28. The summed E-state index contributed by atoms with van der Waals surface area (Å²) in [5.74, 6) is 0.748. The Morgan fingerprint density at radius 1 is 1.11 bits per heavy atom. The van der Waals surface area contributed by atoms with Crippen LogP contribution in [0.15, 0.2) is 71.0 Å². The molecule has 0 unspecified atom stereocenters. The average Bonchev–Trinajstić information content (AvgIpc) is 3.03. The van der Waals surface area contributed by atoms with Gasteiger partial charge in [-0.2, -0.15) is 5.10 Å². The van der Waals surface area contributed by atoms with E-state index in [1.54, 1.807) is 50.2 Å². The second kappa shape index (κ2) is 16.1. The zero-order valence-electron chi connectivity index (χ0n) is 25.6. The van der Waals surface area contributed by atoms with Crippen LogP contribution in [0, 0.1) is 9.39 Å². The summed E-state index contributed by atoms with van der Waals surface area (Å²) in [4.78, 5) is 24.6. The number of esters is 1. The van der Waals surface area contributed by atoms with Crippen molar-refractivity contribution in [3.05, 3.63) is 91.9 Å². The number of aliphatic hydroxyl groups is 1. The first kappa shape index (κ1) is 34.3. The number of hydrogen-bond acceptors (Lipinski definition) is 10. The van der Waals surface area contributed by atoms with Gasteiger partial charge in [-0.1, -0.05) is 18.2 Å². The van der Waals surface area contributed by atoms with Crippen LogP contribution in [0.3, 0.4) is 0 Å². The van der Waals surface area contributed by atoms with Gasteiger partial charge in [0.25, 0.3) is 0 Å². The molecular formula is C32H34FIN4O8. The monoisotopic (exact) mass is 748 g/mol. The Morgan fingerprint density at radius 3 is 2.63 bits per heavy atom. The number of rotatable bonds is 14. The largest absolute Gasteiger partial charge is 0.493 e. The Labute approximate surface area is 279 Å². The lowest BCUT2D eigenvalue weighted by molar-refractivity contribution is -0.136. The Morgan fingerprint density at radius 2 is 1.91 bits per heavy atom. The molecule has 14 heteroatoms. The molecule has 0 aliphatic carbocycles. The van der Waals surface area contributed by atoms with Gasteiger partial charge < -0.3 is 39.4 Å². The highest BCUT2D eigenvalue weighted by molar-refractivity contribution is 14.1. The number of allylic oxidation sites excluding steroid dienone is 1. The van der Waals surface area contributed by atoms with Gasteiger partial charge in [-0.05, 0) is 89.5 Å². The summed E-state index contributed by atoms with van der Waals surface area (Å²) in [6.45, 7) is 3.73. The van der Waals surface area contributed by atoms with Gasteiger partial charge in [0.2, 0.25) is 0 Å². The Bertz CT molecular complexity index is 1630. The van der Waals surface area contributed by atoms with Crippen molar-refractivity contribution in [2.75, 3.05) is 27.4 Å². The quantitative estimate of drug-likeness (QED) is 0.0614. The van der Waals surface area contributed by atoms with E-state index in [4.69, 9.17) is 23.7 Å². The topological polar surface area (TPSA) is 149 Å². The van der Waals surface area contributed by atoms with E-state index in [1.807, 2.05) is 6.07 Å². The summed E-state index contributed by atoms with van der Waals surface area (Å²) < 4.78 is 42.1. The summed E-state index contributed by atoms with van der Waals surface area (Å²) in [7, 11) is 2.78. The molecular weight excluding hydrogens is 714 g/mol. The van der Waals surface area contributed by atoms with E-state index >= 15 is 0 Å². The number of hydrazone groups is 1. The molecule has 2 amide bonds. The predicted octanol–water partition coefficient (Wildman–Crippen LogP) is 4.54. The maximum absolute atomic E-state index is 13.5. The number of halogens is 2. The van der Waals surface area contributed by atoms with E-state index < -0.39 is 24.3 Å². The van der Waals surface area contributed by atoms with Gasteiger partial charge in [-0.15, -0.1) is 0 Å². The van der Waals surface area contributed by atoms with Crippen LogP contribution in [-0.2, 0) is 16.1 Å². The summed E-state index contributed by atoms with van der Waals surface area (Å²) in [5.41, 5.74) is 5.18. The Hall–Kier alpha value is -4.57. The van der Waals surface area contributed by atoms with Gasteiger partial charge in [-0.3, -0.25) is 5.43 Å². The summed E-state index contributed by atoms with van der Waals surface area (Å²) >= 11 is 2.11. The normalized spacial score (nSPS) is 15.1. The molecule has 3 aromatic rings. The molecule has 0 fully saturated rings. The fourth-order valence-corrected chi connectivity index (χ4v) is 5.34. The van der Waals surface area contributed by atoms with Gasteiger partial charge in [0, 0.05) is 5.70 Å². The Balaban J connectivity index is 1.39. The van der Waals surface area contributed by atoms with Gasteiger partial charge in [0.05, 0.1) is 42.2 Å². The summed E-state index contributed by atoms with van der Waals surface area (Å²) in [5, 5.41) is 19.9. The maximum atomic E-state index is 13.5. The molecule has 0 saturated carbocycles. The van der Waals surface area contributed by atoms with Gasteiger partial charge in [-0.25, -0.2) is 14.0 Å². The van der Waals surface area contributed by atoms with Crippen molar-refractivity contribution in [2.24, 2.45) is 5.10 Å². The number of hydrogen-bond donors (Lipinski definition) is 4. The highest BCUT2D eigenvalue weighted by atomic mass is 127. The van der Waals surface area contributed by atoms with Crippen LogP contribution in [0.1, 0.15) is 36.6 Å². The van der Waals surface area contributed by atoms with Crippen LogP contribution in [0.4, 0.5) is 9.18 Å². The van der Waals surface area contributed by atoms with Crippen LogP contribution in [0.2, 0.25) is 0 Å². The van der Waals surface area contributed by atoms with Crippen molar-refractivity contribution < 1.29 is 42.8 Å².